The topological polar surface area (TPSA) is 0 Å². The van der Waals surface area contributed by atoms with Gasteiger partial charge in [0.1, 0.15) is 0 Å². The molecule has 1 heterocycles. The van der Waals surface area contributed by atoms with Gasteiger partial charge in [-0.05, 0) is 103 Å². The fourth-order valence-electron chi connectivity index (χ4n) is 7.70. The van der Waals surface area contributed by atoms with Gasteiger partial charge in [0.05, 0.1) is 4.08 Å². The Balaban J connectivity index is 1.44. The Hall–Kier alpha value is 0.440. The highest BCUT2D eigenvalue weighted by molar-refractivity contribution is 8.18. The van der Waals surface area contributed by atoms with Crippen molar-refractivity contribution in [3.63, 3.8) is 0 Å². The standard InChI is InChI=1S/C23H36S2/c1-16-5-8-19-18-7-6-17-15-23(24-13-4-14-25-23)12-11-22(17,3)20(18)9-10-21(16,19)2/h6-7,16-20H,4-5,8-15H2,1-3H3/t16-,17?,18?,19?,20?,21+,22-/m0/s1. The first kappa shape index (κ1) is 17.5. The molecule has 1 spiro atoms. The van der Waals surface area contributed by atoms with E-state index < -0.39 is 0 Å². The molecule has 2 heteroatoms. The molecule has 7 atom stereocenters. The van der Waals surface area contributed by atoms with Crippen LogP contribution in [0.15, 0.2) is 12.2 Å². The van der Waals surface area contributed by atoms with E-state index in [-0.39, 0.29) is 0 Å². The molecular weight excluding hydrogens is 340 g/mol. The van der Waals surface area contributed by atoms with Crippen LogP contribution in [0, 0.1) is 40.4 Å². The largest absolute Gasteiger partial charge is 0.144 e. The molecule has 0 aromatic carbocycles. The van der Waals surface area contributed by atoms with Crippen molar-refractivity contribution < 1.29 is 0 Å². The molecule has 0 aromatic rings. The van der Waals surface area contributed by atoms with E-state index in [0.29, 0.717) is 14.9 Å². The molecule has 3 saturated carbocycles. The maximum Gasteiger partial charge on any atom is 0.0617 e. The minimum Gasteiger partial charge on any atom is -0.144 e. The first-order chi connectivity index (χ1) is 12.0. The van der Waals surface area contributed by atoms with Crippen LogP contribution in [0.3, 0.4) is 0 Å². The highest BCUT2D eigenvalue weighted by Gasteiger charge is 2.59. The Labute approximate surface area is 163 Å². The lowest BCUT2D eigenvalue weighted by Gasteiger charge is -2.60. The third-order valence-electron chi connectivity index (χ3n) is 9.66. The second-order valence-electron chi connectivity index (χ2n) is 10.5. The summed E-state index contributed by atoms with van der Waals surface area (Å²) < 4.78 is 0.574. The van der Waals surface area contributed by atoms with Gasteiger partial charge in [-0.25, -0.2) is 0 Å². The second-order valence-corrected chi connectivity index (χ2v) is 13.7. The van der Waals surface area contributed by atoms with Crippen molar-refractivity contribution >= 4 is 23.5 Å². The molecule has 0 aromatic heterocycles. The maximum atomic E-state index is 2.74. The van der Waals surface area contributed by atoms with Gasteiger partial charge >= 0.3 is 0 Å². The summed E-state index contributed by atoms with van der Waals surface area (Å²) in [6, 6.07) is 0. The zero-order valence-corrected chi connectivity index (χ0v) is 18.1. The molecule has 4 fully saturated rings. The third-order valence-corrected chi connectivity index (χ3v) is 13.1. The van der Waals surface area contributed by atoms with E-state index in [9.17, 15) is 0 Å². The van der Waals surface area contributed by atoms with Crippen molar-refractivity contribution in [2.45, 2.75) is 76.2 Å². The molecule has 5 aliphatic rings. The Kier molecular flexibility index (Phi) is 4.18. The van der Waals surface area contributed by atoms with Gasteiger partial charge in [-0.15, -0.1) is 23.5 Å². The fourth-order valence-corrected chi connectivity index (χ4v) is 11.1. The molecule has 140 valence electrons. The van der Waals surface area contributed by atoms with Gasteiger partial charge in [0.2, 0.25) is 0 Å². The zero-order valence-electron chi connectivity index (χ0n) is 16.4. The normalized spacial score (nSPS) is 54.0. The Morgan fingerprint density at radius 2 is 1.60 bits per heavy atom. The molecule has 0 amide bonds. The summed E-state index contributed by atoms with van der Waals surface area (Å²) in [7, 11) is 0. The van der Waals surface area contributed by atoms with Crippen LogP contribution in [0.1, 0.15) is 72.1 Å². The van der Waals surface area contributed by atoms with E-state index in [1.807, 2.05) is 0 Å². The SMILES string of the molecule is C[C@H]1CCC2C3C=CC4CC5(CC[C@]4(C)C3CC[C@@]21C)SCCCS5. The maximum absolute atomic E-state index is 2.74. The molecule has 4 aliphatic carbocycles. The Morgan fingerprint density at radius 1 is 0.840 bits per heavy atom. The molecule has 0 bridgehead atoms. The summed E-state index contributed by atoms with van der Waals surface area (Å²) in [4.78, 5) is 0. The number of hydrogen-bond acceptors (Lipinski definition) is 2. The molecule has 0 nitrogen and oxygen atoms in total. The minimum absolute atomic E-state index is 0.574. The van der Waals surface area contributed by atoms with Gasteiger partial charge in [-0.2, -0.15) is 0 Å². The van der Waals surface area contributed by atoms with Gasteiger partial charge in [0.15, 0.2) is 0 Å². The van der Waals surface area contributed by atoms with Crippen molar-refractivity contribution in [1.29, 1.82) is 0 Å². The highest BCUT2D eigenvalue weighted by Crippen LogP contribution is 2.68. The van der Waals surface area contributed by atoms with E-state index in [2.05, 4.69) is 56.4 Å². The molecule has 25 heavy (non-hydrogen) atoms. The van der Waals surface area contributed by atoms with Crippen LogP contribution in [0.25, 0.3) is 0 Å². The first-order valence-electron chi connectivity index (χ1n) is 10.9. The fraction of sp³-hybridized carbons (Fsp3) is 0.913. The van der Waals surface area contributed by atoms with Gasteiger partial charge in [0.25, 0.3) is 0 Å². The predicted octanol–water partition coefficient (Wildman–Crippen LogP) is 7.01. The summed E-state index contributed by atoms with van der Waals surface area (Å²) in [5.74, 6) is 7.46. The van der Waals surface area contributed by atoms with Crippen LogP contribution in [0.2, 0.25) is 0 Å². The second kappa shape index (κ2) is 5.97. The van der Waals surface area contributed by atoms with Gasteiger partial charge in [-0.3, -0.25) is 0 Å². The lowest BCUT2D eigenvalue weighted by atomic mass is 9.47. The van der Waals surface area contributed by atoms with Gasteiger partial charge in [-0.1, -0.05) is 32.9 Å². The van der Waals surface area contributed by atoms with E-state index >= 15 is 0 Å². The number of rotatable bonds is 0. The third kappa shape index (κ3) is 2.48. The summed E-state index contributed by atoms with van der Waals surface area (Å²) >= 11 is 4.63. The summed E-state index contributed by atoms with van der Waals surface area (Å²) in [6.45, 7) is 7.88. The van der Waals surface area contributed by atoms with Crippen molar-refractivity contribution in [1.82, 2.24) is 0 Å². The lowest BCUT2D eigenvalue weighted by molar-refractivity contribution is -0.0568. The average molecular weight is 377 g/mol. The van der Waals surface area contributed by atoms with Crippen molar-refractivity contribution in [2.75, 3.05) is 11.5 Å². The number of thioether (sulfide) groups is 2. The van der Waals surface area contributed by atoms with E-state index in [1.165, 1.54) is 62.9 Å². The molecular formula is C23H36S2. The van der Waals surface area contributed by atoms with Crippen molar-refractivity contribution in [3.8, 4) is 0 Å². The quantitative estimate of drug-likeness (QED) is 0.417. The van der Waals surface area contributed by atoms with Crippen LogP contribution in [0.5, 0.6) is 0 Å². The Bertz CT molecular complexity index is 562. The van der Waals surface area contributed by atoms with E-state index in [4.69, 9.17) is 0 Å². The highest BCUT2D eigenvalue weighted by atomic mass is 32.2. The Morgan fingerprint density at radius 3 is 2.40 bits per heavy atom. The van der Waals surface area contributed by atoms with E-state index in [0.717, 1.165) is 29.6 Å². The summed E-state index contributed by atoms with van der Waals surface area (Å²) in [5, 5.41) is 0. The first-order valence-corrected chi connectivity index (χ1v) is 12.9. The molecule has 0 N–H and O–H groups in total. The van der Waals surface area contributed by atoms with Crippen LogP contribution in [-0.2, 0) is 0 Å². The van der Waals surface area contributed by atoms with Crippen LogP contribution >= 0.6 is 23.5 Å². The van der Waals surface area contributed by atoms with E-state index in [1.54, 1.807) is 0 Å². The summed E-state index contributed by atoms with van der Waals surface area (Å²) in [5.41, 5.74) is 1.23. The molecule has 0 radical (unpaired) electrons. The summed E-state index contributed by atoms with van der Waals surface area (Å²) in [6.07, 6.45) is 17.3. The molecule has 5 rings (SSSR count). The zero-order chi connectivity index (χ0) is 17.3. The number of fused-ring (bicyclic) bond motifs is 5. The van der Waals surface area contributed by atoms with Crippen LogP contribution in [0.4, 0.5) is 0 Å². The lowest BCUT2D eigenvalue weighted by Crippen LogP contribution is -2.53. The predicted molar refractivity (Wildman–Crippen MR) is 113 cm³/mol. The van der Waals surface area contributed by atoms with Crippen molar-refractivity contribution in [3.05, 3.63) is 12.2 Å². The smallest absolute Gasteiger partial charge is 0.0617 e. The van der Waals surface area contributed by atoms with Crippen LogP contribution in [-0.4, -0.2) is 15.6 Å². The molecule has 1 aliphatic heterocycles. The van der Waals surface area contributed by atoms with Crippen molar-refractivity contribution in [2.24, 2.45) is 40.4 Å². The minimum atomic E-state index is 0.574. The van der Waals surface area contributed by atoms with Gasteiger partial charge in [0, 0.05) is 0 Å². The number of hydrogen-bond donors (Lipinski definition) is 0. The monoisotopic (exact) mass is 376 g/mol. The molecule has 4 unspecified atom stereocenters. The number of allylic oxidation sites excluding steroid dienone is 2. The average Bonchev–Trinajstić information content (AvgIpc) is 2.92. The molecule has 1 saturated heterocycles. The van der Waals surface area contributed by atoms with Gasteiger partial charge < -0.3 is 0 Å². The van der Waals surface area contributed by atoms with Crippen LogP contribution < -0.4 is 0 Å².